The van der Waals surface area contributed by atoms with Gasteiger partial charge in [-0.25, -0.2) is 0 Å². The zero-order chi connectivity index (χ0) is 13.1. The fourth-order valence-corrected chi connectivity index (χ4v) is 1.37. The van der Waals surface area contributed by atoms with Crippen molar-refractivity contribution in [3.63, 3.8) is 0 Å². The minimum atomic E-state index is 0.352. The standard InChI is InChI=1S/C10H13NO2.2C2H6/c1-11-5-4-8-2-3-9-10(6-8)13-7-12-9;2*1-2/h2-3,6,11H,4-5,7H2,1H3;2*1-2H3. The van der Waals surface area contributed by atoms with Crippen LogP contribution in [0.3, 0.4) is 0 Å². The number of benzene rings is 1. The lowest BCUT2D eigenvalue weighted by atomic mass is 10.1. The summed E-state index contributed by atoms with van der Waals surface area (Å²) in [5, 5.41) is 3.11. The summed E-state index contributed by atoms with van der Waals surface area (Å²) in [6, 6.07) is 6.08. The van der Waals surface area contributed by atoms with E-state index in [0.717, 1.165) is 24.5 Å². The average Bonchev–Trinajstić information content (AvgIpc) is 2.88. The molecule has 2 rings (SSSR count). The van der Waals surface area contributed by atoms with Gasteiger partial charge >= 0.3 is 0 Å². The van der Waals surface area contributed by atoms with Crippen LogP contribution in [0, 0.1) is 0 Å². The van der Waals surface area contributed by atoms with E-state index < -0.39 is 0 Å². The average molecular weight is 239 g/mol. The Balaban J connectivity index is 0.000000581. The van der Waals surface area contributed by atoms with E-state index in [0.29, 0.717) is 6.79 Å². The lowest BCUT2D eigenvalue weighted by Crippen LogP contribution is -2.10. The van der Waals surface area contributed by atoms with Crippen LogP contribution in [0.2, 0.25) is 0 Å². The fraction of sp³-hybridized carbons (Fsp3) is 0.571. The number of ether oxygens (including phenoxy) is 2. The smallest absolute Gasteiger partial charge is 0.231 e. The van der Waals surface area contributed by atoms with Crippen LogP contribution < -0.4 is 14.8 Å². The largest absolute Gasteiger partial charge is 0.454 e. The first-order valence-corrected chi connectivity index (χ1v) is 6.43. The normalized spacial score (nSPS) is 10.9. The third-order valence-electron chi connectivity index (χ3n) is 2.10. The number of fused-ring (bicyclic) bond motifs is 1. The molecule has 98 valence electrons. The maximum Gasteiger partial charge on any atom is 0.231 e. The molecule has 0 aliphatic carbocycles. The van der Waals surface area contributed by atoms with E-state index in [-0.39, 0.29) is 0 Å². The van der Waals surface area contributed by atoms with Crippen LogP contribution in [-0.2, 0) is 6.42 Å². The molecule has 0 radical (unpaired) electrons. The van der Waals surface area contributed by atoms with Crippen LogP contribution in [0.15, 0.2) is 18.2 Å². The number of hydrogen-bond acceptors (Lipinski definition) is 3. The highest BCUT2D eigenvalue weighted by atomic mass is 16.7. The van der Waals surface area contributed by atoms with Crippen molar-refractivity contribution in [2.75, 3.05) is 20.4 Å². The second-order valence-corrected chi connectivity index (χ2v) is 3.04. The summed E-state index contributed by atoms with van der Waals surface area (Å²) < 4.78 is 10.5. The molecule has 0 bridgehead atoms. The molecule has 3 heteroatoms. The third kappa shape index (κ3) is 5.09. The number of likely N-dealkylation sites (N-methyl/N-ethyl adjacent to an activating group) is 1. The molecule has 17 heavy (non-hydrogen) atoms. The van der Waals surface area contributed by atoms with E-state index in [1.807, 2.05) is 46.9 Å². The van der Waals surface area contributed by atoms with Gasteiger partial charge in [0.1, 0.15) is 0 Å². The highest BCUT2D eigenvalue weighted by molar-refractivity contribution is 5.44. The first kappa shape index (κ1) is 15.8. The number of nitrogens with one attached hydrogen (secondary N) is 1. The minimum Gasteiger partial charge on any atom is -0.454 e. The topological polar surface area (TPSA) is 30.5 Å². The van der Waals surface area contributed by atoms with Gasteiger partial charge in [0, 0.05) is 0 Å². The van der Waals surface area contributed by atoms with Crippen molar-refractivity contribution in [3.8, 4) is 11.5 Å². The molecule has 1 aliphatic heterocycles. The summed E-state index contributed by atoms with van der Waals surface area (Å²) in [5.74, 6) is 1.72. The molecule has 0 aromatic heterocycles. The zero-order valence-electron chi connectivity index (χ0n) is 11.7. The Morgan fingerprint density at radius 2 is 1.71 bits per heavy atom. The molecule has 0 fully saturated rings. The number of hydrogen-bond donors (Lipinski definition) is 1. The molecule has 1 aliphatic rings. The van der Waals surface area contributed by atoms with Gasteiger partial charge in [0.2, 0.25) is 6.79 Å². The first-order valence-electron chi connectivity index (χ1n) is 6.43. The zero-order valence-corrected chi connectivity index (χ0v) is 11.7. The van der Waals surface area contributed by atoms with Gasteiger partial charge < -0.3 is 14.8 Å². The van der Waals surface area contributed by atoms with Gasteiger partial charge in [0.15, 0.2) is 11.5 Å². The van der Waals surface area contributed by atoms with Crippen LogP contribution >= 0.6 is 0 Å². The van der Waals surface area contributed by atoms with Crippen LogP contribution in [0.5, 0.6) is 11.5 Å². The Kier molecular flexibility index (Phi) is 9.25. The van der Waals surface area contributed by atoms with Crippen molar-refractivity contribution in [1.82, 2.24) is 5.32 Å². The second-order valence-electron chi connectivity index (χ2n) is 3.04. The molecule has 0 atom stereocenters. The van der Waals surface area contributed by atoms with Crippen molar-refractivity contribution in [3.05, 3.63) is 23.8 Å². The Morgan fingerprint density at radius 3 is 2.35 bits per heavy atom. The third-order valence-corrected chi connectivity index (χ3v) is 2.10. The highest BCUT2D eigenvalue weighted by Gasteiger charge is 2.12. The van der Waals surface area contributed by atoms with Crippen molar-refractivity contribution in [1.29, 1.82) is 0 Å². The van der Waals surface area contributed by atoms with Crippen LogP contribution in [0.25, 0.3) is 0 Å². The van der Waals surface area contributed by atoms with Crippen molar-refractivity contribution < 1.29 is 9.47 Å². The van der Waals surface area contributed by atoms with Gasteiger partial charge in [0.05, 0.1) is 0 Å². The summed E-state index contributed by atoms with van der Waals surface area (Å²) in [6.07, 6.45) is 1.02. The molecular weight excluding hydrogens is 214 g/mol. The van der Waals surface area contributed by atoms with Gasteiger partial charge in [-0.3, -0.25) is 0 Å². The summed E-state index contributed by atoms with van der Waals surface area (Å²) in [7, 11) is 1.95. The van der Waals surface area contributed by atoms with Crippen molar-refractivity contribution in [2.45, 2.75) is 34.1 Å². The molecule has 1 heterocycles. The van der Waals surface area contributed by atoms with Gasteiger partial charge in [-0.05, 0) is 37.7 Å². The monoisotopic (exact) mass is 239 g/mol. The predicted octanol–water partition coefficient (Wildman–Crippen LogP) is 3.23. The van der Waals surface area contributed by atoms with Crippen LogP contribution in [-0.4, -0.2) is 20.4 Å². The lowest BCUT2D eigenvalue weighted by molar-refractivity contribution is 0.174. The summed E-state index contributed by atoms with van der Waals surface area (Å²) in [5.41, 5.74) is 1.28. The summed E-state index contributed by atoms with van der Waals surface area (Å²) in [6.45, 7) is 9.34. The molecule has 0 amide bonds. The van der Waals surface area contributed by atoms with Gasteiger partial charge in [0.25, 0.3) is 0 Å². The maximum absolute atomic E-state index is 5.28. The SMILES string of the molecule is CC.CC.CNCCc1ccc2c(c1)OCO2. The molecule has 1 aromatic carbocycles. The summed E-state index contributed by atoms with van der Waals surface area (Å²) in [4.78, 5) is 0. The fourth-order valence-electron chi connectivity index (χ4n) is 1.37. The van der Waals surface area contributed by atoms with Crippen molar-refractivity contribution >= 4 is 0 Å². The Bertz CT molecular complexity index is 300. The quantitative estimate of drug-likeness (QED) is 0.878. The molecule has 0 unspecified atom stereocenters. The predicted molar refractivity (Wildman–Crippen MR) is 72.9 cm³/mol. The molecule has 0 saturated carbocycles. The first-order chi connectivity index (χ1) is 8.40. The molecule has 1 aromatic rings. The van der Waals surface area contributed by atoms with Gasteiger partial charge in [-0.1, -0.05) is 33.8 Å². The molecular formula is C14H25NO2. The van der Waals surface area contributed by atoms with E-state index in [1.165, 1.54) is 5.56 Å². The highest BCUT2D eigenvalue weighted by Crippen LogP contribution is 2.32. The maximum atomic E-state index is 5.28. The molecule has 0 spiro atoms. The summed E-state index contributed by atoms with van der Waals surface area (Å²) >= 11 is 0. The second kappa shape index (κ2) is 9.97. The molecule has 3 nitrogen and oxygen atoms in total. The van der Waals surface area contributed by atoms with Crippen LogP contribution in [0.4, 0.5) is 0 Å². The Morgan fingerprint density at radius 1 is 1.06 bits per heavy atom. The van der Waals surface area contributed by atoms with E-state index >= 15 is 0 Å². The molecule has 1 N–H and O–H groups in total. The van der Waals surface area contributed by atoms with Gasteiger partial charge in [-0.15, -0.1) is 0 Å². The lowest BCUT2D eigenvalue weighted by Gasteiger charge is -2.01. The van der Waals surface area contributed by atoms with Gasteiger partial charge in [-0.2, -0.15) is 0 Å². The Hall–Kier alpha value is -1.22. The van der Waals surface area contributed by atoms with Crippen LogP contribution in [0.1, 0.15) is 33.3 Å². The minimum absolute atomic E-state index is 0.352. The van der Waals surface area contributed by atoms with E-state index in [2.05, 4.69) is 11.4 Å². The molecule has 0 saturated heterocycles. The van der Waals surface area contributed by atoms with Crippen molar-refractivity contribution in [2.24, 2.45) is 0 Å². The Labute approximate surface area is 105 Å². The van der Waals surface area contributed by atoms with E-state index in [4.69, 9.17) is 9.47 Å². The van der Waals surface area contributed by atoms with E-state index in [9.17, 15) is 0 Å². The van der Waals surface area contributed by atoms with E-state index in [1.54, 1.807) is 0 Å². The number of rotatable bonds is 3.